The molecule has 0 amide bonds. The third-order valence-corrected chi connectivity index (χ3v) is 3.23. The van der Waals surface area contributed by atoms with Crippen LogP contribution in [0.25, 0.3) is 0 Å². The molecule has 1 fully saturated rings. The average Bonchev–Trinajstić information content (AvgIpc) is 2.17. The number of carboxylic acids is 1. The lowest BCUT2D eigenvalue weighted by molar-refractivity contribution is -0.147. The fourth-order valence-corrected chi connectivity index (χ4v) is 1.62. The number of rotatable bonds is 4. The topological polar surface area (TPSA) is 43.8 Å². The van der Waals surface area contributed by atoms with E-state index in [2.05, 4.69) is 16.8 Å². The molecule has 0 bridgehead atoms. The monoisotopic (exact) mass is 214 g/mol. The van der Waals surface area contributed by atoms with Crippen molar-refractivity contribution < 1.29 is 9.90 Å². The van der Waals surface area contributed by atoms with Gasteiger partial charge in [0.1, 0.15) is 0 Å². The predicted molar refractivity (Wildman–Crippen MR) is 60.0 cm³/mol. The van der Waals surface area contributed by atoms with Gasteiger partial charge in [0, 0.05) is 26.2 Å². The van der Waals surface area contributed by atoms with Crippen LogP contribution >= 0.6 is 0 Å². The highest BCUT2D eigenvalue weighted by Crippen LogP contribution is 2.21. The largest absolute Gasteiger partial charge is 0.481 e. The van der Waals surface area contributed by atoms with Gasteiger partial charge in [-0.05, 0) is 33.9 Å². The van der Waals surface area contributed by atoms with Gasteiger partial charge >= 0.3 is 5.97 Å². The first-order chi connectivity index (χ1) is 6.92. The molecule has 0 atom stereocenters. The van der Waals surface area contributed by atoms with Gasteiger partial charge in [-0.25, -0.2) is 0 Å². The van der Waals surface area contributed by atoms with Gasteiger partial charge in [-0.3, -0.25) is 4.79 Å². The molecule has 1 N–H and O–H groups in total. The van der Waals surface area contributed by atoms with Crippen molar-refractivity contribution in [3.8, 4) is 0 Å². The Morgan fingerprint density at radius 2 is 1.80 bits per heavy atom. The van der Waals surface area contributed by atoms with Crippen molar-refractivity contribution in [2.45, 2.75) is 20.3 Å². The second kappa shape index (κ2) is 4.94. The van der Waals surface area contributed by atoms with E-state index in [-0.39, 0.29) is 0 Å². The first-order valence-electron chi connectivity index (χ1n) is 5.56. The number of carboxylic acid groups (broad SMARTS) is 1. The van der Waals surface area contributed by atoms with E-state index in [9.17, 15) is 4.79 Å². The Bertz CT molecular complexity index is 221. The summed E-state index contributed by atoms with van der Waals surface area (Å²) in [7, 11) is 2.12. The molecule has 0 aromatic rings. The standard InChI is InChI=1S/C11H22N2O2/c1-11(2,10(14)15)4-5-13-8-6-12(3)7-9-13/h4-9H2,1-3H3,(H,14,15). The van der Waals surface area contributed by atoms with Gasteiger partial charge in [0.25, 0.3) is 0 Å². The van der Waals surface area contributed by atoms with E-state index in [1.165, 1.54) is 0 Å². The molecule has 15 heavy (non-hydrogen) atoms. The normalized spacial score (nSPS) is 20.5. The van der Waals surface area contributed by atoms with Crippen molar-refractivity contribution in [3.63, 3.8) is 0 Å². The van der Waals surface area contributed by atoms with E-state index < -0.39 is 11.4 Å². The van der Waals surface area contributed by atoms with Crippen LogP contribution in [0.2, 0.25) is 0 Å². The summed E-state index contributed by atoms with van der Waals surface area (Å²) in [6.45, 7) is 8.79. The molecule has 0 unspecified atom stereocenters. The molecule has 0 aromatic carbocycles. The summed E-state index contributed by atoms with van der Waals surface area (Å²) in [6, 6.07) is 0. The summed E-state index contributed by atoms with van der Waals surface area (Å²) in [6.07, 6.45) is 0.728. The predicted octanol–water partition coefficient (Wildman–Crippen LogP) is 0.735. The van der Waals surface area contributed by atoms with Crippen LogP contribution in [0.1, 0.15) is 20.3 Å². The summed E-state index contributed by atoms with van der Waals surface area (Å²) in [5.74, 6) is -0.698. The quantitative estimate of drug-likeness (QED) is 0.749. The van der Waals surface area contributed by atoms with Crippen LogP contribution in [-0.2, 0) is 4.79 Å². The second-order valence-corrected chi connectivity index (χ2v) is 5.08. The number of hydrogen-bond acceptors (Lipinski definition) is 3. The van der Waals surface area contributed by atoms with Crippen molar-refractivity contribution in [1.82, 2.24) is 9.80 Å². The van der Waals surface area contributed by atoms with E-state index in [4.69, 9.17) is 5.11 Å². The summed E-state index contributed by atoms with van der Waals surface area (Å²) >= 11 is 0. The van der Waals surface area contributed by atoms with Crippen LogP contribution < -0.4 is 0 Å². The van der Waals surface area contributed by atoms with Crippen molar-refractivity contribution in [1.29, 1.82) is 0 Å². The Morgan fingerprint density at radius 3 is 2.27 bits per heavy atom. The van der Waals surface area contributed by atoms with Crippen LogP contribution in [0.5, 0.6) is 0 Å². The molecule has 0 aromatic heterocycles. The number of carbonyl (C=O) groups is 1. The highest BCUT2D eigenvalue weighted by molar-refractivity contribution is 5.73. The Balaban J connectivity index is 2.28. The first kappa shape index (κ1) is 12.5. The number of likely N-dealkylation sites (N-methyl/N-ethyl adjacent to an activating group) is 1. The smallest absolute Gasteiger partial charge is 0.309 e. The third kappa shape index (κ3) is 3.80. The Hall–Kier alpha value is -0.610. The zero-order valence-electron chi connectivity index (χ0n) is 9.99. The lowest BCUT2D eigenvalue weighted by Crippen LogP contribution is -2.45. The summed E-state index contributed by atoms with van der Waals surface area (Å²) < 4.78 is 0. The number of hydrogen-bond donors (Lipinski definition) is 1. The van der Waals surface area contributed by atoms with E-state index in [1.54, 1.807) is 13.8 Å². The summed E-state index contributed by atoms with van der Waals surface area (Å²) in [4.78, 5) is 15.6. The van der Waals surface area contributed by atoms with E-state index >= 15 is 0 Å². The fourth-order valence-electron chi connectivity index (χ4n) is 1.62. The van der Waals surface area contributed by atoms with Crippen LogP contribution in [0, 0.1) is 5.41 Å². The molecular formula is C11H22N2O2. The van der Waals surface area contributed by atoms with Crippen LogP contribution in [0.15, 0.2) is 0 Å². The van der Waals surface area contributed by atoms with Gasteiger partial charge in [0.05, 0.1) is 5.41 Å². The highest BCUT2D eigenvalue weighted by Gasteiger charge is 2.27. The van der Waals surface area contributed by atoms with Gasteiger partial charge in [0.15, 0.2) is 0 Å². The maximum Gasteiger partial charge on any atom is 0.309 e. The van der Waals surface area contributed by atoms with Crippen LogP contribution in [0.4, 0.5) is 0 Å². The molecule has 1 saturated heterocycles. The van der Waals surface area contributed by atoms with Gasteiger partial charge in [-0.1, -0.05) is 0 Å². The minimum absolute atomic E-state index is 0.594. The maximum atomic E-state index is 10.9. The van der Waals surface area contributed by atoms with Gasteiger partial charge in [0.2, 0.25) is 0 Å². The molecule has 4 nitrogen and oxygen atoms in total. The zero-order chi connectivity index (χ0) is 11.5. The van der Waals surface area contributed by atoms with Gasteiger partial charge < -0.3 is 14.9 Å². The Labute approximate surface area is 91.9 Å². The first-order valence-corrected chi connectivity index (χ1v) is 5.56. The van der Waals surface area contributed by atoms with Crippen LogP contribution in [0.3, 0.4) is 0 Å². The van der Waals surface area contributed by atoms with Gasteiger partial charge in [-0.2, -0.15) is 0 Å². The second-order valence-electron chi connectivity index (χ2n) is 5.08. The molecule has 0 spiro atoms. The van der Waals surface area contributed by atoms with Crippen molar-refractivity contribution in [2.75, 3.05) is 39.8 Å². The van der Waals surface area contributed by atoms with E-state index in [0.29, 0.717) is 0 Å². The SMILES string of the molecule is CN1CCN(CCC(C)(C)C(=O)O)CC1. The lowest BCUT2D eigenvalue weighted by atomic mass is 9.89. The van der Waals surface area contributed by atoms with E-state index in [1.807, 2.05) is 0 Å². The molecule has 0 saturated carbocycles. The number of aliphatic carboxylic acids is 1. The summed E-state index contributed by atoms with van der Waals surface area (Å²) in [5, 5.41) is 8.99. The molecule has 0 radical (unpaired) electrons. The zero-order valence-corrected chi connectivity index (χ0v) is 9.99. The molecule has 0 aliphatic carbocycles. The van der Waals surface area contributed by atoms with Gasteiger partial charge in [-0.15, -0.1) is 0 Å². The number of nitrogens with zero attached hydrogens (tertiary/aromatic N) is 2. The molecule has 1 aliphatic heterocycles. The number of piperazine rings is 1. The Kier molecular flexibility index (Phi) is 4.11. The average molecular weight is 214 g/mol. The molecule has 1 heterocycles. The van der Waals surface area contributed by atoms with Crippen molar-refractivity contribution >= 4 is 5.97 Å². The maximum absolute atomic E-state index is 10.9. The third-order valence-electron chi connectivity index (χ3n) is 3.23. The molecule has 88 valence electrons. The molecule has 1 rings (SSSR count). The van der Waals surface area contributed by atoms with Crippen molar-refractivity contribution in [2.24, 2.45) is 5.41 Å². The van der Waals surface area contributed by atoms with Crippen molar-refractivity contribution in [3.05, 3.63) is 0 Å². The molecular weight excluding hydrogens is 192 g/mol. The molecule has 1 aliphatic rings. The highest BCUT2D eigenvalue weighted by atomic mass is 16.4. The fraction of sp³-hybridized carbons (Fsp3) is 0.909. The molecule has 4 heteroatoms. The lowest BCUT2D eigenvalue weighted by Gasteiger charge is -2.33. The summed E-state index contributed by atoms with van der Waals surface area (Å²) in [5.41, 5.74) is -0.594. The minimum Gasteiger partial charge on any atom is -0.481 e. The Morgan fingerprint density at radius 1 is 1.27 bits per heavy atom. The van der Waals surface area contributed by atoms with E-state index in [0.717, 1.165) is 39.1 Å². The van der Waals surface area contributed by atoms with Crippen LogP contribution in [-0.4, -0.2) is 60.6 Å². The minimum atomic E-state index is -0.698.